The molecule has 0 saturated carbocycles. The fraction of sp³-hybridized carbons (Fsp3) is 0.476. The first-order valence-electron chi connectivity index (χ1n) is 8.91. The number of aldehydes is 1. The van der Waals surface area contributed by atoms with E-state index in [1.54, 1.807) is 0 Å². The van der Waals surface area contributed by atoms with Crippen LogP contribution in [-0.2, 0) is 6.42 Å². The maximum absolute atomic E-state index is 10.6. The van der Waals surface area contributed by atoms with Gasteiger partial charge in [-0.1, -0.05) is 55.7 Å². The Labute approximate surface area is 141 Å². The summed E-state index contributed by atoms with van der Waals surface area (Å²) in [5.41, 5.74) is 1.86. The van der Waals surface area contributed by atoms with Gasteiger partial charge < -0.3 is 4.98 Å². The number of H-pyrrole nitrogens is 1. The van der Waals surface area contributed by atoms with E-state index in [4.69, 9.17) is 0 Å². The molecule has 1 aromatic rings. The van der Waals surface area contributed by atoms with E-state index in [0.717, 1.165) is 25.5 Å². The van der Waals surface area contributed by atoms with E-state index < -0.39 is 0 Å². The van der Waals surface area contributed by atoms with Crippen molar-refractivity contribution in [2.45, 2.75) is 64.7 Å². The predicted octanol–water partition coefficient (Wildman–Crippen LogP) is 6.18. The number of aryl methyl sites for hydroxylation is 1. The molecule has 1 N–H and O–H groups in total. The van der Waals surface area contributed by atoms with Crippen LogP contribution in [0.5, 0.6) is 0 Å². The zero-order valence-electron chi connectivity index (χ0n) is 14.5. The molecule has 0 amide bonds. The minimum atomic E-state index is 0.684. The summed E-state index contributed by atoms with van der Waals surface area (Å²) >= 11 is 0. The Morgan fingerprint density at radius 3 is 2.30 bits per heavy atom. The highest BCUT2D eigenvalue weighted by Crippen LogP contribution is 2.10. The molecule has 1 aromatic heterocycles. The number of nitrogens with one attached hydrogen (secondary N) is 1. The van der Waals surface area contributed by atoms with E-state index in [1.165, 1.54) is 44.2 Å². The molecular formula is C21H31NO. The molecule has 0 aliphatic heterocycles. The Bertz CT molecular complexity index is 494. The molecule has 0 spiro atoms. The quantitative estimate of drug-likeness (QED) is 0.263. The second-order valence-corrected chi connectivity index (χ2v) is 5.85. The molecule has 2 heteroatoms. The molecule has 1 rings (SSSR count). The summed E-state index contributed by atoms with van der Waals surface area (Å²) in [5, 5.41) is 0. The van der Waals surface area contributed by atoms with E-state index in [0.29, 0.717) is 5.69 Å². The molecule has 0 aliphatic carbocycles. The normalized spacial score (nSPS) is 12.0. The third-order valence-electron chi connectivity index (χ3n) is 3.83. The van der Waals surface area contributed by atoms with Gasteiger partial charge in [-0.25, -0.2) is 0 Å². The maximum Gasteiger partial charge on any atom is 0.166 e. The molecule has 0 atom stereocenters. The van der Waals surface area contributed by atoms with Crippen molar-refractivity contribution >= 4 is 6.29 Å². The second kappa shape index (κ2) is 13.8. The highest BCUT2D eigenvalue weighted by Gasteiger charge is 1.97. The van der Waals surface area contributed by atoms with Crippen LogP contribution in [0.2, 0.25) is 0 Å². The lowest BCUT2D eigenvalue weighted by molar-refractivity contribution is 0.111. The van der Waals surface area contributed by atoms with E-state index in [-0.39, 0.29) is 0 Å². The second-order valence-electron chi connectivity index (χ2n) is 5.85. The van der Waals surface area contributed by atoms with Crippen molar-refractivity contribution in [2.24, 2.45) is 0 Å². The zero-order valence-corrected chi connectivity index (χ0v) is 14.5. The van der Waals surface area contributed by atoms with Crippen LogP contribution in [-0.4, -0.2) is 11.3 Å². The van der Waals surface area contributed by atoms with Crippen molar-refractivity contribution in [2.75, 3.05) is 0 Å². The Balaban J connectivity index is 1.89. The lowest BCUT2D eigenvalue weighted by atomic mass is 10.1. The van der Waals surface area contributed by atoms with Crippen molar-refractivity contribution in [3.63, 3.8) is 0 Å². The Morgan fingerprint density at radius 2 is 1.57 bits per heavy atom. The van der Waals surface area contributed by atoms with Crippen LogP contribution in [0, 0.1) is 0 Å². The fourth-order valence-electron chi connectivity index (χ4n) is 2.48. The molecule has 0 aliphatic rings. The molecule has 2 nitrogen and oxygen atoms in total. The first-order valence-corrected chi connectivity index (χ1v) is 8.91. The number of allylic oxidation sites excluding steroid dienone is 6. The molecule has 1 heterocycles. The lowest BCUT2D eigenvalue weighted by Crippen LogP contribution is -1.87. The highest BCUT2D eigenvalue weighted by atomic mass is 16.1. The zero-order chi connectivity index (χ0) is 16.6. The number of unbranched alkanes of at least 4 members (excludes halogenated alkanes) is 5. The Morgan fingerprint density at radius 1 is 0.870 bits per heavy atom. The maximum atomic E-state index is 10.6. The van der Waals surface area contributed by atoms with Gasteiger partial charge >= 0.3 is 0 Å². The van der Waals surface area contributed by atoms with Gasteiger partial charge in [0.15, 0.2) is 6.29 Å². The number of carbonyl (C=O) groups excluding carboxylic acids is 1. The molecule has 23 heavy (non-hydrogen) atoms. The standard InChI is InChI=1S/C21H31NO/c1-2-3-4-5-6-7-8-9-10-11-12-13-14-15-16-20-17-18-21(19-23)22-20/h2-3,5-6,8-9,17-19,22H,4,7,10-16H2,1H3/b3-2-,6-5-,9-8-. The van der Waals surface area contributed by atoms with Crippen LogP contribution in [0.3, 0.4) is 0 Å². The van der Waals surface area contributed by atoms with Crippen molar-refractivity contribution in [1.82, 2.24) is 4.98 Å². The predicted molar refractivity (Wildman–Crippen MR) is 99.9 cm³/mol. The van der Waals surface area contributed by atoms with Gasteiger partial charge in [0.05, 0.1) is 5.69 Å². The molecule has 0 bridgehead atoms. The molecule has 0 unspecified atom stereocenters. The number of hydrogen-bond donors (Lipinski definition) is 1. The van der Waals surface area contributed by atoms with E-state index in [2.05, 4.69) is 48.4 Å². The molecule has 126 valence electrons. The van der Waals surface area contributed by atoms with Crippen molar-refractivity contribution in [3.8, 4) is 0 Å². The van der Waals surface area contributed by atoms with Gasteiger partial charge in [0.1, 0.15) is 0 Å². The van der Waals surface area contributed by atoms with Crippen LogP contribution >= 0.6 is 0 Å². The van der Waals surface area contributed by atoms with Gasteiger partial charge in [-0.2, -0.15) is 0 Å². The number of aromatic amines is 1. The largest absolute Gasteiger partial charge is 0.356 e. The monoisotopic (exact) mass is 313 g/mol. The average Bonchev–Trinajstić information content (AvgIpc) is 3.03. The Kier molecular flexibility index (Phi) is 11.5. The van der Waals surface area contributed by atoms with E-state index in [9.17, 15) is 4.79 Å². The van der Waals surface area contributed by atoms with Crippen LogP contribution < -0.4 is 0 Å². The smallest absolute Gasteiger partial charge is 0.166 e. The van der Waals surface area contributed by atoms with E-state index >= 15 is 0 Å². The Hall–Kier alpha value is -1.83. The first kappa shape index (κ1) is 19.2. The lowest BCUT2D eigenvalue weighted by Gasteiger charge is -2.00. The summed E-state index contributed by atoms with van der Waals surface area (Å²) in [5.74, 6) is 0. The molecule has 0 radical (unpaired) electrons. The van der Waals surface area contributed by atoms with Gasteiger partial charge in [0.25, 0.3) is 0 Å². The summed E-state index contributed by atoms with van der Waals surface area (Å²) in [6.45, 7) is 2.05. The minimum absolute atomic E-state index is 0.684. The third kappa shape index (κ3) is 10.5. The van der Waals surface area contributed by atoms with Crippen LogP contribution in [0.4, 0.5) is 0 Å². The molecular weight excluding hydrogens is 282 g/mol. The topological polar surface area (TPSA) is 32.9 Å². The summed E-state index contributed by atoms with van der Waals surface area (Å²) in [4.78, 5) is 13.7. The van der Waals surface area contributed by atoms with Gasteiger partial charge in [-0.05, 0) is 57.6 Å². The summed E-state index contributed by atoms with van der Waals surface area (Å²) < 4.78 is 0. The van der Waals surface area contributed by atoms with E-state index in [1.807, 2.05) is 12.1 Å². The number of aromatic nitrogens is 1. The minimum Gasteiger partial charge on any atom is -0.356 e. The average molecular weight is 313 g/mol. The first-order chi connectivity index (χ1) is 11.4. The molecule has 0 fully saturated rings. The van der Waals surface area contributed by atoms with Crippen molar-refractivity contribution in [3.05, 3.63) is 60.0 Å². The fourth-order valence-corrected chi connectivity index (χ4v) is 2.48. The summed E-state index contributed by atoms with van der Waals surface area (Å²) in [7, 11) is 0. The molecule has 0 aromatic carbocycles. The molecule has 0 saturated heterocycles. The van der Waals surface area contributed by atoms with Crippen LogP contribution in [0.25, 0.3) is 0 Å². The summed E-state index contributed by atoms with van der Waals surface area (Å²) in [6.07, 6.45) is 24.9. The van der Waals surface area contributed by atoms with Gasteiger partial charge in [0, 0.05) is 5.69 Å². The van der Waals surface area contributed by atoms with Crippen LogP contribution in [0.15, 0.2) is 48.6 Å². The number of carbonyl (C=O) groups is 1. The van der Waals surface area contributed by atoms with Gasteiger partial charge in [0.2, 0.25) is 0 Å². The number of rotatable bonds is 13. The van der Waals surface area contributed by atoms with Gasteiger partial charge in [-0.15, -0.1) is 0 Å². The number of hydrogen-bond acceptors (Lipinski definition) is 1. The SMILES string of the molecule is C/C=C\C/C=C\C/C=C\CCCCCCCc1ccc(C=O)[nH]1. The highest BCUT2D eigenvalue weighted by molar-refractivity contribution is 5.71. The van der Waals surface area contributed by atoms with Gasteiger partial charge in [-0.3, -0.25) is 4.79 Å². The van der Waals surface area contributed by atoms with Crippen molar-refractivity contribution < 1.29 is 4.79 Å². The van der Waals surface area contributed by atoms with Crippen molar-refractivity contribution in [1.29, 1.82) is 0 Å². The summed E-state index contributed by atoms with van der Waals surface area (Å²) in [6, 6.07) is 3.87. The third-order valence-corrected chi connectivity index (χ3v) is 3.83. The van der Waals surface area contributed by atoms with Crippen LogP contribution in [0.1, 0.15) is 74.5 Å².